The SMILES string of the molecule is CC(C)C[C@@H](NC(=O)[C@@H](Cc1ccccc1)NC(=O)[C@H](N)Cc1ccccc1)C(=O)N[C@H](CCCCN)C(=O)N1CCC(N(C)C(=O)c2cn3ccccc3n2)CC1.Cl.Cl.Cl. The van der Waals surface area contributed by atoms with E-state index >= 15 is 0 Å². The van der Waals surface area contributed by atoms with Crippen LogP contribution in [0.4, 0.5) is 0 Å². The first kappa shape index (κ1) is 52.4. The molecule has 1 aliphatic rings. The molecule has 5 rings (SSSR count). The normalized spacial score (nSPS) is 14.6. The lowest BCUT2D eigenvalue weighted by Crippen LogP contribution is -2.59. The van der Waals surface area contributed by atoms with E-state index in [0.29, 0.717) is 75.9 Å². The molecule has 2 aromatic carbocycles. The minimum atomic E-state index is -1.01. The number of nitrogens with one attached hydrogen (secondary N) is 3. The molecule has 61 heavy (non-hydrogen) atoms. The zero-order valence-electron chi connectivity index (χ0n) is 35.1. The van der Waals surface area contributed by atoms with Gasteiger partial charge in [0.1, 0.15) is 29.5 Å². The molecule has 3 heterocycles. The second-order valence-electron chi connectivity index (χ2n) is 15.6. The number of nitrogens with zero attached hydrogens (tertiary/aromatic N) is 4. The molecule has 1 fully saturated rings. The van der Waals surface area contributed by atoms with E-state index in [9.17, 15) is 24.0 Å². The minimum absolute atomic E-state index is 0. The van der Waals surface area contributed by atoms with Crippen molar-refractivity contribution in [1.29, 1.82) is 0 Å². The third kappa shape index (κ3) is 15.3. The Morgan fingerprint density at radius 1 is 0.754 bits per heavy atom. The van der Waals surface area contributed by atoms with Gasteiger partial charge in [0.15, 0.2) is 0 Å². The fourth-order valence-corrected chi connectivity index (χ4v) is 7.37. The molecular formula is C44H62Cl3N9O5. The molecule has 1 saturated heterocycles. The number of amides is 5. The van der Waals surface area contributed by atoms with Crippen LogP contribution in [0, 0.1) is 5.92 Å². The maximum Gasteiger partial charge on any atom is 0.274 e. The van der Waals surface area contributed by atoms with Crippen molar-refractivity contribution in [1.82, 2.24) is 35.1 Å². The van der Waals surface area contributed by atoms with Crippen LogP contribution in [0.1, 0.15) is 74.0 Å². The van der Waals surface area contributed by atoms with Gasteiger partial charge in [0, 0.05) is 45.0 Å². The summed E-state index contributed by atoms with van der Waals surface area (Å²) in [6.07, 6.45) is 7.16. The van der Waals surface area contributed by atoms with E-state index in [1.165, 1.54) is 0 Å². The van der Waals surface area contributed by atoms with E-state index in [0.717, 1.165) is 11.1 Å². The quantitative estimate of drug-likeness (QED) is 0.0868. The lowest BCUT2D eigenvalue weighted by molar-refractivity contribution is -0.139. The second kappa shape index (κ2) is 25.9. The molecular weight excluding hydrogens is 841 g/mol. The Labute approximate surface area is 377 Å². The number of hydrogen-bond donors (Lipinski definition) is 5. The number of imidazole rings is 1. The zero-order valence-corrected chi connectivity index (χ0v) is 37.6. The Balaban J connectivity index is 0.00000427. The summed E-state index contributed by atoms with van der Waals surface area (Å²) < 4.78 is 1.81. The first-order valence-corrected chi connectivity index (χ1v) is 20.4. The van der Waals surface area contributed by atoms with Crippen LogP contribution in [-0.2, 0) is 32.0 Å². The number of piperidine rings is 1. The van der Waals surface area contributed by atoms with Crippen molar-refractivity contribution in [2.45, 2.75) is 95.4 Å². The van der Waals surface area contributed by atoms with Crippen molar-refractivity contribution < 1.29 is 24.0 Å². The van der Waals surface area contributed by atoms with E-state index in [1.807, 2.05) is 103 Å². The highest BCUT2D eigenvalue weighted by Crippen LogP contribution is 2.20. The van der Waals surface area contributed by atoms with Gasteiger partial charge in [-0.05, 0) is 80.7 Å². The predicted octanol–water partition coefficient (Wildman–Crippen LogP) is 4.10. The first-order valence-electron chi connectivity index (χ1n) is 20.4. The summed E-state index contributed by atoms with van der Waals surface area (Å²) >= 11 is 0. The zero-order chi connectivity index (χ0) is 41.6. The first-order chi connectivity index (χ1) is 27.9. The molecule has 0 unspecified atom stereocenters. The summed E-state index contributed by atoms with van der Waals surface area (Å²) in [4.78, 5) is 76.9. The van der Waals surface area contributed by atoms with Gasteiger partial charge in [-0.25, -0.2) is 4.98 Å². The van der Waals surface area contributed by atoms with Crippen LogP contribution in [0.25, 0.3) is 5.65 Å². The number of rotatable bonds is 19. The molecule has 334 valence electrons. The fourth-order valence-electron chi connectivity index (χ4n) is 7.37. The molecule has 7 N–H and O–H groups in total. The lowest BCUT2D eigenvalue weighted by atomic mass is 9.99. The number of pyridine rings is 1. The monoisotopic (exact) mass is 901 g/mol. The number of unbranched alkanes of at least 4 members (excludes halogenated alkanes) is 1. The lowest BCUT2D eigenvalue weighted by Gasteiger charge is -2.38. The Hall–Kier alpha value is -4.73. The van der Waals surface area contributed by atoms with Gasteiger partial charge >= 0.3 is 0 Å². The van der Waals surface area contributed by atoms with Gasteiger partial charge in [0.05, 0.1) is 6.04 Å². The number of nitrogens with two attached hydrogens (primary N) is 2. The maximum absolute atomic E-state index is 14.1. The van der Waals surface area contributed by atoms with Crippen molar-refractivity contribution in [3.8, 4) is 0 Å². The van der Waals surface area contributed by atoms with Crippen LogP contribution in [0.3, 0.4) is 0 Å². The summed E-state index contributed by atoms with van der Waals surface area (Å²) in [7, 11) is 1.77. The van der Waals surface area contributed by atoms with Gasteiger partial charge in [-0.1, -0.05) is 80.6 Å². The van der Waals surface area contributed by atoms with Gasteiger partial charge in [0.25, 0.3) is 5.91 Å². The number of carbonyl (C=O) groups is 5. The van der Waals surface area contributed by atoms with E-state index in [1.54, 1.807) is 23.0 Å². The van der Waals surface area contributed by atoms with Gasteiger partial charge < -0.3 is 41.6 Å². The molecule has 4 atom stereocenters. The van der Waals surface area contributed by atoms with Crippen LogP contribution in [-0.4, -0.2) is 106 Å². The van der Waals surface area contributed by atoms with Crippen molar-refractivity contribution in [3.05, 3.63) is 108 Å². The molecule has 14 nitrogen and oxygen atoms in total. The molecule has 2 aromatic heterocycles. The van der Waals surface area contributed by atoms with Gasteiger partial charge in [-0.3, -0.25) is 24.0 Å². The average Bonchev–Trinajstić information content (AvgIpc) is 3.67. The largest absolute Gasteiger partial charge is 0.343 e. The molecule has 4 aromatic rings. The Morgan fingerprint density at radius 2 is 1.31 bits per heavy atom. The maximum atomic E-state index is 14.1. The molecule has 1 aliphatic heterocycles. The summed E-state index contributed by atoms with van der Waals surface area (Å²) in [5, 5.41) is 8.73. The Bertz CT molecular complexity index is 1950. The number of fused-ring (bicyclic) bond motifs is 1. The van der Waals surface area contributed by atoms with Crippen LogP contribution >= 0.6 is 37.2 Å². The summed E-state index contributed by atoms with van der Waals surface area (Å²) in [6.45, 7) is 5.17. The number of halogens is 3. The third-order valence-corrected chi connectivity index (χ3v) is 10.7. The highest BCUT2D eigenvalue weighted by atomic mass is 35.5. The van der Waals surface area contributed by atoms with Crippen molar-refractivity contribution >= 4 is 72.4 Å². The number of benzene rings is 2. The molecule has 0 bridgehead atoms. The summed E-state index contributed by atoms with van der Waals surface area (Å²) in [5.74, 6) is -1.87. The number of likely N-dealkylation sites (tertiary alicyclic amines) is 1. The Kier molecular flexibility index (Phi) is 22.3. The minimum Gasteiger partial charge on any atom is -0.343 e. The molecule has 0 radical (unpaired) electrons. The van der Waals surface area contributed by atoms with Crippen molar-refractivity contribution in [3.63, 3.8) is 0 Å². The standard InChI is InChI=1S/C44H59N9O5.3ClH/c1-30(2)26-36(50-42(56)37(28-32-16-8-5-9-17-32)49-40(54)34(46)27-31-14-6-4-7-15-31)41(55)48-35(18-10-12-22-45)44(58)52-24-20-33(21-25-52)51(3)43(57)38-29-53-23-13-11-19-39(53)47-38;;;/h4-9,11,13-17,19,23,29-30,33-37H,10,12,18,20-22,24-28,45-46H2,1-3H3,(H,48,55)(H,49,54)(H,50,56);3*1H/t34-,35-,36-,37-;;;/m1.../s1. The van der Waals surface area contributed by atoms with Crippen molar-refractivity contribution in [2.75, 3.05) is 26.7 Å². The van der Waals surface area contributed by atoms with Crippen LogP contribution in [0.5, 0.6) is 0 Å². The van der Waals surface area contributed by atoms with E-state index < -0.39 is 41.9 Å². The molecule has 17 heteroatoms. The fraction of sp³-hybridized carbons (Fsp3) is 0.455. The molecule has 0 spiro atoms. The number of carbonyl (C=O) groups excluding carboxylic acids is 5. The second-order valence-corrected chi connectivity index (χ2v) is 15.6. The van der Waals surface area contributed by atoms with Crippen molar-refractivity contribution in [2.24, 2.45) is 17.4 Å². The highest BCUT2D eigenvalue weighted by molar-refractivity contribution is 5.95. The Morgan fingerprint density at radius 3 is 1.90 bits per heavy atom. The average molecular weight is 903 g/mol. The van der Waals surface area contributed by atoms with E-state index in [4.69, 9.17) is 11.5 Å². The third-order valence-electron chi connectivity index (χ3n) is 10.7. The topological polar surface area (TPSA) is 197 Å². The van der Waals surface area contributed by atoms with Gasteiger partial charge in [-0.2, -0.15) is 0 Å². The van der Waals surface area contributed by atoms with E-state index in [2.05, 4.69) is 20.9 Å². The number of aromatic nitrogens is 2. The van der Waals surface area contributed by atoms with Crippen LogP contribution in [0.15, 0.2) is 91.3 Å². The van der Waals surface area contributed by atoms with Gasteiger partial charge in [-0.15, -0.1) is 37.2 Å². The van der Waals surface area contributed by atoms with E-state index in [-0.39, 0.29) is 67.4 Å². The van der Waals surface area contributed by atoms with Gasteiger partial charge in [0.2, 0.25) is 23.6 Å². The highest BCUT2D eigenvalue weighted by Gasteiger charge is 2.35. The summed E-state index contributed by atoms with van der Waals surface area (Å²) in [5.41, 5.74) is 14.9. The molecule has 0 saturated carbocycles. The summed E-state index contributed by atoms with van der Waals surface area (Å²) in [6, 6.07) is 20.5. The number of hydrogen-bond acceptors (Lipinski definition) is 8. The predicted molar refractivity (Wildman–Crippen MR) is 245 cm³/mol. The van der Waals surface area contributed by atoms with Crippen LogP contribution < -0.4 is 27.4 Å². The molecule has 5 amide bonds. The smallest absolute Gasteiger partial charge is 0.274 e. The molecule has 0 aliphatic carbocycles. The van der Waals surface area contributed by atoms with Crippen LogP contribution in [0.2, 0.25) is 0 Å².